The zero-order chi connectivity index (χ0) is 13.3. The van der Waals surface area contributed by atoms with Crippen LogP contribution in [-0.2, 0) is 17.7 Å². The fraction of sp³-hybridized carbons (Fsp3) is 0.615. The molecule has 0 fully saturated rings. The zero-order valence-electron chi connectivity index (χ0n) is 11.4. The van der Waals surface area contributed by atoms with E-state index in [0.29, 0.717) is 6.04 Å². The first kappa shape index (κ1) is 13.4. The lowest BCUT2D eigenvalue weighted by Crippen LogP contribution is -2.26. The minimum Gasteiger partial charge on any atom is -0.465 e. The Bertz CT molecular complexity index is 454. The Morgan fingerprint density at radius 1 is 1.50 bits per heavy atom. The van der Waals surface area contributed by atoms with Gasteiger partial charge in [0.1, 0.15) is 5.00 Å². The van der Waals surface area contributed by atoms with Crippen LogP contribution in [0.5, 0.6) is 0 Å². The second-order valence-corrected chi connectivity index (χ2v) is 6.09. The number of methoxy groups -OCH3 is 1. The maximum Gasteiger partial charge on any atom is 0.341 e. The number of nitrogens with one attached hydrogen (secondary N) is 1. The first-order chi connectivity index (χ1) is 8.52. The summed E-state index contributed by atoms with van der Waals surface area (Å²) >= 11 is 1.68. The number of fused-ring (bicyclic) bond motifs is 1. The van der Waals surface area contributed by atoms with Crippen molar-refractivity contribution in [2.24, 2.45) is 0 Å². The van der Waals surface area contributed by atoms with E-state index in [1.807, 2.05) is 0 Å². The number of hydrogen-bond donors (Lipinski definition) is 1. The lowest BCUT2D eigenvalue weighted by atomic mass is 10.0. The van der Waals surface area contributed by atoms with Crippen molar-refractivity contribution < 1.29 is 9.53 Å². The van der Waals surface area contributed by atoms with Crippen LogP contribution in [0.25, 0.3) is 0 Å². The van der Waals surface area contributed by atoms with E-state index in [-0.39, 0.29) is 5.97 Å². The van der Waals surface area contributed by atoms with Gasteiger partial charge in [0, 0.05) is 24.0 Å². The summed E-state index contributed by atoms with van der Waals surface area (Å²) in [5.74, 6) is -0.222. The molecular weight excluding hydrogens is 248 g/mol. The molecule has 0 aliphatic carbocycles. The van der Waals surface area contributed by atoms with Gasteiger partial charge in [0.05, 0.1) is 12.7 Å². The van der Waals surface area contributed by atoms with Gasteiger partial charge in [0.15, 0.2) is 0 Å². The molecule has 0 radical (unpaired) electrons. The van der Waals surface area contributed by atoms with Crippen LogP contribution in [0.2, 0.25) is 0 Å². The predicted octanol–water partition coefficient (Wildman–Crippen LogP) is 2.34. The molecule has 5 heteroatoms. The Morgan fingerprint density at radius 3 is 2.83 bits per heavy atom. The molecular formula is C13H20N2O2S. The number of nitrogens with zero attached hydrogens (tertiary/aromatic N) is 1. The van der Waals surface area contributed by atoms with Gasteiger partial charge in [0.25, 0.3) is 0 Å². The lowest BCUT2D eigenvalue weighted by molar-refractivity contribution is 0.0600. The van der Waals surface area contributed by atoms with Gasteiger partial charge >= 0.3 is 5.97 Å². The fourth-order valence-corrected chi connectivity index (χ4v) is 3.67. The summed E-state index contributed by atoms with van der Waals surface area (Å²) in [5, 5.41) is 4.32. The summed E-state index contributed by atoms with van der Waals surface area (Å²) < 4.78 is 4.92. The molecule has 18 heavy (non-hydrogen) atoms. The highest BCUT2D eigenvalue weighted by atomic mass is 32.1. The molecule has 1 aliphatic rings. The molecule has 0 saturated heterocycles. The van der Waals surface area contributed by atoms with Gasteiger partial charge in [0.2, 0.25) is 0 Å². The molecule has 0 saturated carbocycles. The van der Waals surface area contributed by atoms with Crippen molar-refractivity contribution in [3.8, 4) is 0 Å². The van der Waals surface area contributed by atoms with E-state index in [0.717, 1.165) is 30.1 Å². The second kappa shape index (κ2) is 5.28. The van der Waals surface area contributed by atoms with E-state index in [4.69, 9.17) is 4.74 Å². The summed E-state index contributed by atoms with van der Waals surface area (Å²) in [4.78, 5) is 15.5. The summed E-state index contributed by atoms with van der Waals surface area (Å²) in [5.41, 5.74) is 1.92. The maximum atomic E-state index is 12.0. The molecule has 1 N–H and O–H groups in total. The Kier molecular flexibility index (Phi) is 3.92. The van der Waals surface area contributed by atoms with Crippen LogP contribution in [0.3, 0.4) is 0 Å². The van der Waals surface area contributed by atoms with Gasteiger partial charge in [-0.15, -0.1) is 11.3 Å². The van der Waals surface area contributed by atoms with Crippen LogP contribution in [0.15, 0.2) is 0 Å². The molecule has 0 amide bonds. The molecule has 1 aromatic rings. The molecule has 1 aromatic heterocycles. The summed E-state index contributed by atoms with van der Waals surface area (Å²) in [6.07, 6.45) is 0.923. The molecule has 1 aliphatic heterocycles. The van der Waals surface area contributed by atoms with Crippen LogP contribution >= 0.6 is 11.3 Å². The minimum absolute atomic E-state index is 0.222. The van der Waals surface area contributed by atoms with Crippen molar-refractivity contribution in [1.82, 2.24) is 4.90 Å². The number of anilines is 1. The highest BCUT2D eigenvalue weighted by Crippen LogP contribution is 2.37. The Labute approximate surface area is 112 Å². The van der Waals surface area contributed by atoms with E-state index >= 15 is 0 Å². The SMILES string of the molecule is COC(=O)c1c(NC(C)C)sc2c1CCN(C)C2. The van der Waals surface area contributed by atoms with Crippen LogP contribution in [0.1, 0.15) is 34.6 Å². The van der Waals surface area contributed by atoms with Gasteiger partial charge < -0.3 is 15.0 Å². The number of hydrogen-bond acceptors (Lipinski definition) is 5. The Balaban J connectivity index is 2.42. The Hall–Kier alpha value is -1.07. The first-order valence-electron chi connectivity index (χ1n) is 6.20. The van der Waals surface area contributed by atoms with Crippen molar-refractivity contribution in [2.75, 3.05) is 26.0 Å². The molecule has 0 bridgehead atoms. The smallest absolute Gasteiger partial charge is 0.341 e. The third-order valence-corrected chi connectivity index (χ3v) is 4.21. The maximum absolute atomic E-state index is 12.0. The van der Waals surface area contributed by atoms with Crippen LogP contribution in [0, 0.1) is 0 Å². The molecule has 100 valence electrons. The van der Waals surface area contributed by atoms with Crippen LogP contribution in [-0.4, -0.2) is 37.6 Å². The van der Waals surface area contributed by atoms with Crippen LogP contribution < -0.4 is 5.32 Å². The number of likely N-dealkylation sites (N-methyl/N-ethyl adjacent to an activating group) is 1. The first-order valence-corrected chi connectivity index (χ1v) is 7.02. The standard InChI is InChI=1S/C13H20N2O2S/c1-8(2)14-12-11(13(16)17-4)9-5-6-15(3)7-10(9)18-12/h8,14H,5-7H2,1-4H3. The highest BCUT2D eigenvalue weighted by Gasteiger charge is 2.27. The van der Waals surface area contributed by atoms with Gasteiger partial charge in [-0.25, -0.2) is 4.79 Å². The number of carbonyl (C=O) groups excluding carboxylic acids is 1. The van der Waals surface area contributed by atoms with E-state index < -0.39 is 0 Å². The summed E-state index contributed by atoms with van der Waals surface area (Å²) in [6.45, 7) is 6.07. The van der Waals surface area contributed by atoms with E-state index in [9.17, 15) is 4.79 Å². The van der Waals surface area contributed by atoms with Crippen molar-refractivity contribution >= 4 is 22.3 Å². The highest BCUT2D eigenvalue weighted by molar-refractivity contribution is 7.16. The number of esters is 1. The minimum atomic E-state index is -0.222. The fourth-order valence-electron chi connectivity index (χ4n) is 2.21. The third kappa shape index (κ3) is 2.52. The lowest BCUT2D eigenvalue weighted by Gasteiger charge is -2.22. The van der Waals surface area contributed by atoms with Crippen molar-refractivity contribution in [1.29, 1.82) is 0 Å². The molecule has 4 nitrogen and oxygen atoms in total. The number of rotatable bonds is 3. The van der Waals surface area contributed by atoms with Crippen molar-refractivity contribution in [3.63, 3.8) is 0 Å². The number of ether oxygens (including phenoxy) is 1. The second-order valence-electron chi connectivity index (χ2n) is 4.99. The van der Waals surface area contributed by atoms with Crippen LogP contribution in [0.4, 0.5) is 5.00 Å². The van der Waals surface area contributed by atoms with Gasteiger partial charge in [-0.3, -0.25) is 0 Å². The average Bonchev–Trinajstić information content (AvgIpc) is 2.64. The van der Waals surface area contributed by atoms with Gasteiger partial charge in [-0.2, -0.15) is 0 Å². The zero-order valence-corrected chi connectivity index (χ0v) is 12.2. The topological polar surface area (TPSA) is 41.6 Å². The molecule has 0 aromatic carbocycles. The van der Waals surface area contributed by atoms with Crippen molar-refractivity contribution in [3.05, 3.63) is 16.0 Å². The summed E-state index contributed by atoms with van der Waals surface area (Å²) in [6, 6.07) is 0.311. The monoisotopic (exact) mass is 268 g/mol. The molecule has 0 atom stereocenters. The molecule has 0 spiro atoms. The molecule has 0 unspecified atom stereocenters. The molecule has 2 rings (SSSR count). The van der Waals surface area contributed by atoms with E-state index in [1.54, 1.807) is 11.3 Å². The quantitative estimate of drug-likeness (QED) is 0.854. The van der Waals surface area contributed by atoms with Crippen molar-refractivity contribution in [2.45, 2.75) is 32.9 Å². The average molecular weight is 268 g/mol. The van der Waals surface area contributed by atoms with E-state index in [1.165, 1.54) is 17.6 Å². The Morgan fingerprint density at radius 2 is 2.22 bits per heavy atom. The molecule has 2 heterocycles. The van der Waals surface area contributed by atoms with Gasteiger partial charge in [-0.1, -0.05) is 0 Å². The predicted molar refractivity (Wildman–Crippen MR) is 74.5 cm³/mol. The number of carbonyl (C=O) groups is 1. The van der Waals surface area contributed by atoms with Gasteiger partial charge in [-0.05, 0) is 32.9 Å². The summed E-state index contributed by atoms with van der Waals surface area (Å²) in [7, 11) is 3.55. The third-order valence-electron chi connectivity index (χ3n) is 3.06. The number of thiophene rings is 1. The largest absolute Gasteiger partial charge is 0.465 e. The van der Waals surface area contributed by atoms with E-state index in [2.05, 4.69) is 31.1 Å². The normalized spacial score (nSPS) is 15.6.